The smallest absolute Gasteiger partial charge is 0.130 e. The first kappa shape index (κ1) is 41.4. The minimum absolute atomic E-state index is 0.329. The van der Waals surface area contributed by atoms with Gasteiger partial charge < -0.3 is 9.64 Å². The summed E-state index contributed by atoms with van der Waals surface area (Å²) >= 11 is 0. The van der Waals surface area contributed by atoms with E-state index < -0.39 is 5.41 Å². The summed E-state index contributed by atoms with van der Waals surface area (Å²) in [5.41, 5.74) is 18.1. The molecule has 0 unspecified atom stereocenters. The normalized spacial score (nSPS) is 12.9. The summed E-state index contributed by atoms with van der Waals surface area (Å²) in [7, 11) is 0. The molecule has 0 radical (unpaired) electrons. The highest BCUT2D eigenvalue weighted by molar-refractivity contribution is 5.89. The van der Waals surface area contributed by atoms with Crippen molar-refractivity contribution in [2.45, 2.75) is 65.7 Å². The maximum absolute atomic E-state index is 7.09. The van der Waals surface area contributed by atoms with Crippen LogP contribution in [-0.4, -0.2) is 20.0 Å². The maximum atomic E-state index is 7.09. The molecule has 1 aliphatic rings. The number of aromatic nitrogens is 4. The molecule has 1 aliphatic heterocycles. The Balaban J connectivity index is 1.14. The van der Waals surface area contributed by atoms with Gasteiger partial charge in [0.1, 0.15) is 17.2 Å². The number of rotatable bonds is 10. The van der Waals surface area contributed by atoms with E-state index in [2.05, 4.69) is 217 Å². The average Bonchev–Trinajstić information content (AvgIpc) is 3.81. The third kappa shape index (κ3) is 7.29. The van der Waals surface area contributed by atoms with E-state index in [-0.39, 0.29) is 0 Å². The standard InChI is InChI=1S/C59H53N5O/c1-38(2)49-23-18-24-50(39(3)4)58(49)53-37-63(62-61-53)46-33-43(57-41(6)31-40(5)32-42(57)7)34-48(36-46)65-47-22-17-19-44(35-47)59(56-29-15-16-30-60-56)51-25-11-13-27-54(51)64(45-20-9-8-10-21-45)55-28-14-12-26-52(55)59/h8-39H,1-7H3. The first-order chi connectivity index (χ1) is 31.6. The fraction of sp³-hybridized carbons (Fsp3) is 0.169. The van der Waals surface area contributed by atoms with Crippen molar-refractivity contribution in [2.24, 2.45) is 0 Å². The van der Waals surface area contributed by atoms with Gasteiger partial charge in [0.25, 0.3) is 0 Å². The maximum Gasteiger partial charge on any atom is 0.130 e. The Morgan fingerprint density at radius 1 is 0.538 bits per heavy atom. The number of ether oxygens (including phenoxy) is 1. The summed E-state index contributed by atoms with van der Waals surface area (Å²) in [4.78, 5) is 7.52. The van der Waals surface area contributed by atoms with Crippen molar-refractivity contribution in [3.8, 4) is 39.6 Å². The van der Waals surface area contributed by atoms with Crippen molar-refractivity contribution in [1.82, 2.24) is 20.0 Å². The van der Waals surface area contributed by atoms with E-state index in [9.17, 15) is 0 Å². The van der Waals surface area contributed by atoms with Crippen LogP contribution < -0.4 is 9.64 Å². The molecule has 0 aliphatic carbocycles. The van der Waals surface area contributed by atoms with Crippen LogP contribution in [0.25, 0.3) is 28.1 Å². The first-order valence-corrected chi connectivity index (χ1v) is 22.6. The third-order valence-electron chi connectivity index (χ3n) is 12.9. The zero-order valence-electron chi connectivity index (χ0n) is 38.1. The second-order valence-corrected chi connectivity index (χ2v) is 18.0. The van der Waals surface area contributed by atoms with Crippen molar-refractivity contribution in [2.75, 3.05) is 4.90 Å². The van der Waals surface area contributed by atoms with Gasteiger partial charge in [0, 0.05) is 23.5 Å². The molecule has 65 heavy (non-hydrogen) atoms. The average molecular weight is 848 g/mol. The number of fused-ring (bicyclic) bond motifs is 2. The Labute approximate surface area is 382 Å². The molecule has 0 amide bonds. The quantitative estimate of drug-likeness (QED) is 0.137. The molecule has 10 rings (SSSR count). The minimum Gasteiger partial charge on any atom is -0.457 e. The Bertz CT molecular complexity index is 3090. The number of hydrogen-bond acceptors (Lipinski definition) is 5. The summed E-state index contributed by atoms with van der Waals surface area (Å²) in [5, 5.41) is 9.63. The third-order valence-corrected chi connectivity index (χ3v) is 12.9. The summed E-state index contributed by atoms with van der Waals surface area (Å²) in [6.45, 7) is 15.5. The van der Waals surface area contributed by atoms with E-state index in [4.69, 9.17) is 20.0 Å². The molecule has 6 nitrogen and oxygen atoms in total. The highest BCUT2D eigenvalue weighted by Gasteiger charge is 2.47. The fourth-order valence-electron chi connectivity index (χ4n) is 10.3. The lowest BCUT2D eigenvalue weighted by Crippen LogP contribution is -2.38. The van der Waals surface area contributed by atoms with Gasteiger partial charge in [-0.25, -0.2) is 4.68 Å². The van der Waals surface area contributed by atoms with Gasteiger partial charge in [-0.2, -0.15) is 0 Å². The summed E-state index contributed by atoms with van der Waals surface area (Å²) < 4.78 is 8.98. The predicted octanol–water partition coefficient (Wildman–Crippen LogP) is 15.1. The van der Waals surface area contributed by atoms with Gasteiger partial charge in [0.05, 0.1) is 34.4 Å². The Morgan fingerprint density at radius 2 is 1.17 bits per heavy atom. The molecule has 320 valence electrons. The Kier molecular flexibility index (Phi) is 10.7. The number of para-hydroxylation sites is 3. The fourth-order valence-corrected chi connectivity index (χ4v) is 10.3. The van der Waals surface area contributed by atoms with Crippen molar-refractivity contribution >= 4 is 17.1 Å². The van der Waals surface area contributed by atoms with E-state index in [1.165, 1.54) is 33.4 Å². The Morgan fingerprint density at radius 3 is 1.82 bits per heavy atom. The van der Waals surface area contributed by atoms with Gasteiger partial charge in [-0.3, -0.25) is 4.98 Å². The molecule has 0 atom stereocenters. The molecule has 0 spiro atoms. The molecule has 2 aromatic heterocycles. The van der Waals surface area contributed by atoms with Crippen LogP contribution in [0.2, 0.25) is 0 Å². The number of anilines is 3. The Hall–Kier alpha value is -7.57. The summed E-state index contributed by atoms with van der Waals surface area (Å²) in [5.74, 6) is 2.07. The monoisotopic (exact) mass is 847 g/mol. The molecule has 0 bridgehead atoms. The molecule has 0 saturated carbocycles. The van der Waals surface area contributed by atoms with Gasteiger partial charge in [-0.15, -0.1) is 5.10 Å². The molecule has 7 aromatic carbocycles. The lowest BCUT2D eigenvalue weighted by molar-refractivity contribution is 0.480. The summed E-state index contributed by atoms with van der Waals surface area (Å²) in [6, 6.07) is 60.4. The van der Waals surface area contributed by atoms with Crippen LogP contribution in [0.5, 0.6) is 11.5 Å². The molecular weight excluding hydrogens is 795 g/mol. The highest BCUT2D eigenvalue weighted by Crippen LogP contribution is 2.57. The van der Waals surface area contributed by atoms with Crippen LogP contribution in [0, 0.1) is 20.8 Å². The topological polar surface area (TPSA) is 56.1 Å². The van der Waals surface area contributed by atoms with Gasteiger partial charge in [0.15, 0.2) is 0 Å². The van der Waals surface area contributed by atoms with E-state index in [1.54, 1.807) is 0 Å². The molecule has 0 saturated heterocycles. The number of hydrogen-bond donors (Lipinski definition) is 0. The van der Waals surface area contributed by atoms with E-state index in [0.29, 0.717) is 23.3 Å². The van der Waals surface area contributed by atoms with Gasteiger partial charge in [-0.1, -0.05) is 142 Å². The van der Waals surface area contributed by atoms with Crippen LogP contribution >= 0.6 is 0 Å². The van der Waals surface area contributed by atoms with Crippen LogP contribution in [0.4, 0.5) is 17.1 Å². The van der Waals surface area contributed by atoms with Gasteiger partial charge >= 0.3 is 0 Å². The van der Waals surface area contributed by atoms with Crippen molar-refractivity contribution in [3.63, 3.8) is 0 Å². The minimum atomic E-state index is -0.777. The van der Waals surface area contributed by atoms with Crippen LogP contribution in [-0.2, 0) is 5.41 Å². The highest BCUT2D eigenvalue weighted by atomic mass is 16.5. The molecule has 3 heterocycles. The lowest BCUT2D eigenvalue weighted by atomic mass is 9.64. The van der Waals surface area contributed by atoms with E-state index in [0.717, 1.165) is 62.0 Å². The number of benzene rings is 7. The number of pyridine rings is 1. The van der Waals surface area contributed by atoms with Crippen molar-refractivity contribution in [1.29, 1.82) is 0 Å². The van der Waals surface area contributed by atoms with E-state index >= 15 is 0 Å². The van der Waals surface area contributed by atoms with Crippen molar-refractivity contribution < 1.29 is 4.74 Å². The van der Waals surface area contributed by atoms with Crippen LogP contribution in [0.1, 0.15) is 89.7 Å². The predicted molar refractivity (Wildman–Crippen MR) is 265 cm³/mol. The molecule has 9 aromatic rings. The molecule has 0 fully saturated rings. The SMILES string of the molecule is Cc1cc(C)c(-c2cc(Oc3cccc(C4(c5ccccn5)c5ccccc5N(c5ccccc5)c5ccccc54)c3)cc(-n3cc(-c4c(C(C)C)cccc4C(C)C)nn3)c2)c(C)c1. The van der Waals surface area contributed by atoms with Crippen molar-refractivity contribution in [3.05, 3.63) is 232 Å². The number of nitrogens with zero attached hydrogens (tertiary/aromatic N) is 5. The summed E-state index contributed by atoms with van der Waals surface area (Å²) in [6.07, 6.45) is 3.97. The zero-order valence-corrected chi connectivity index (χ0v) is 38.1. The van der Waals surface area contributed by atoms with Gasteiger partial charge in [-0.05, 0) is 143 Å². The van der Waals surface area contributed by atoms with Crippen LogP contribution in [0.15, 0.2) is 182 Å². The molecule has 6 heteroatoms. The second-order valence-electron chi connectivity index (χ2n) is 18.0. The van der Waals surface area contributed by atoms with Crippen LogP contribution in [0.3, 0.4) is 0 Å². The van der Waals surface area contributed by atoms with E-state index in [1.807, 2.05) is 23.0 Å². The first-order valence-electron chi connectivity index (χ1n) is 22.6. The molecule has 0 N–H and O–H groups in total. The lowest BCUT2D eigenvalue weighted by Gasteiger charge is -2.45. The zero-order chi connectivity index (χ0) is 44.8. The second kappa shape index (κ2) is 16.9. The largest absolute Gasteiger partial charge is 0.457 e. The van der Waals surface area contributed by atoms with Gasteiger partial charge in [0.2, 0.25) is 0 Å². The molecular formula is C59H53N5O. The number of aryl methyl sites for hydroxylation is 3.